The Hall–Kier alpha value is -0.710. The number of amides is 2. The molecule has 1 rings (SSSR count). The van der Waals surface area contributed by atoms with Gasteiger partial charge in [0, 0.05) is 24.8 Å². The molecule has 0 saturated carbocycles. The Balaban J connectivity index is 2.86. The van der Waals surface area contributed by atoms with Crippen LogP contribution in [0.2, 0.25) is 0 Å². The third-order valence-electron chi connectivity index (χ3n) is 2.80. The van der Waals surface area contributed by atoms with E-state index in [2.05, 4.69) is 5.32 Å². The normalized spacial score (nSPS) is 25.2. The Labute approximate surface area is 101 Å². The number of hydrogen-bond donors (Lipinski definition) is 1. The highest BCUT2D eigenvalue weighted by molar-refractivity contribution is 7.98. The lowest BCUT2D eigenvalue weighted by molar-refractivity contribution is -0.138. The number of carbonyl (C=O) groups excluding carboxylic acids is 2. The molecule has 1 unspecified atom stereocenters. The summed E-state index contributed by atoms with van der Waals surface area (Å²) in [4.78, 5) is 25.6. The zero-order valence-corrected chi connectivity index (χ0v) is 11.2. The highest BCUT2D eigenvalue weighted by Crippen LogP contribution is 2.18. The van der Waals surface area contributed by atoms with Gasteiger partial charge in [0.2, 0.25) is 11.8 Å². The first kappa shape index (κ1) is 13.4. The Morgan fingerprint density at radius 3 is 2.69 bits per heavy atom. The fraction of sp³-hybridized carbons (Fsp3) is 0.818. The zero-order chi connectivity index (χ0) is 12.3. The van der Waals surface area contributed by atoms with Gasteiger partial charge in [0.25, 0.3) is 0 Å². The van der Waals surface area contributed by atoms with Crippen molar-refractivity contribution >= 4 is 23.6 Å². The van der Waals surface area contributed by atoms with Gasteiger partial charge in [-0.15, -0.1) is 0 Å². The molecular formula is C11H20N2O2S. The summed E-state index contributed by atoms with van der Waals surface area (Å²) in [5.41, 5.74) is -0.778. The molecule has 1 saturated heterocycles. The van der Waals surface area contributed by atoms with Gasteiger partial charge in [0.1, 0.15) is 5.54 Å². The van der Waals surface area contributed by atoms with Crippen LogP contribution >= 0.6 is 11.8 Å². The lowest BCUT2D eigenvalue weighted by Gasteiger charge is -2.31. The third kappa shape index (κ3) is 2.90. The average Bonchev–Trinajstić information content (AvgIpc) is 2.22. The van der Waals surface area contributed by atoms with Crippen LogP contribution in [-0.2, 0) is 9.59 Å². The van der Waals surface area contributed by atoms with Crippen LogP contribution in [0.25, 0.3) is 0 Å². The highest BCUT2D eigenvalue weighted by atomic mass is 32.2. The molecule has 16 heavy (non-hydrogen) atoms. The van der Waals surface area contributed by atoms with Crippen LogP contribution in [0.5, 0.6) is 0 Å². The van der Waals surface area contributed by atoms with Crippen molar-refractivity contribution in [1.29, 1.82) is 0 Å². The molecule has 1 atom stereocenters. The summed E-state index contributed by atoms with van der Waals surface area (Å²) in [6, 6.07) is -0.0126. The van der Waals surface area contributed by atoms with Gasteiger partial charge in [-0.2, -0.15) is 11.8 Å². The molecule has 1 aliphatic rings. The van der Waals surface area contributed by atoms with Gasteiger partial charge in [-0.3, -0.25) is 9.59 Å². The van der Waals surface area contributed by atoms with Crippen LogP contribution in [0, 0.1) is 0 Å². The molecule has 0 aromatic carbocycles. The van der Waals surface area contributed by atoms with Crippen LogP contribution in [0.1, 0.15) is 27.2 Å². The monoisotopic (exact) mass is 244 g/mol. The highest BCUT2D eigenvalue weighted by Gasteiger charge is 2.39. The summed E-state index contributed by atoms with van der Waals surface area (Å²) in [6.45, 7) is 6.16. The van der Waals surface area contributed by atoms with Crippen molar-refractivity contribution in [2.75, 3.05) is 18.6 Å². The molecule has 1 aliphatic heterocycles. The van der Waals surface area contributed by atoms with Gasteiger partial charge in [0.15, 0.2) is 0 Å². The molecule has 0 aromatic heterocycles. The van der Waals surface area contributed by atoms with E-state index >= 15 is 0 Å². The Morgan fingerprint density at radius 1 is 1.50 bits per heavy atom. The minimum absolute atomic E-state index is 0.0126. The molecule has 0 aromatic rings. The summed E-state index contributed by atoms with van der Waals surface area (Å²) in [5.74, 6) is 0.873. The summed E-state index contributed by atoms with van der Waals surface area (Å²) < 4.78 is 0. The maximum atomic E-state index is 12.2. The number of carbonyl (C=O) groups is 2. The first-order chi connectivity index (χ1) is 7.38. The number of hydrogen-bond acceptors (Lipinski definition) is 3. The maximum absolute atomic E-state index is 12.2. The summed E-state index contributed by atoms with van der Waals surface area (Å²) in [5, 5.41) is 2.77. The van der Waals surface area contributed by atoms with Crippen molar-refractivity contribution in [1.82, 2.24) is 10.2 Å². The number of nitrogens with zero attached hydrogens (tertiary/aromatic N) is 1. The van der Waals surface area contributed by atoms with E-state index in [1.54, 1.807) is 25.6 Å². The first-order valence-electron chi connectivity index (χ1n) is 5.49. The standard InChI is InChI=1S/C11H20N2O2S/c1-8-7-9(14)12-11(2,3)10(15)13(8)5-6-16-4/h8H,5-7H2,1-4H3,(H,12,14). The Bertz CT molecular complexity index is 292. The number of nitrogens with one attached hydrogen (secondary N) is 1. The SMILES string of the molecule is CSCCN1C(=O)C(C)(C)NC(=O)CC1C. The quantitative estimate of drug-likeness (QED) is 0.801. The number of rotatable bonds is 3. The molecule has 0 bridgehead atoms. The van der Waals surface area contributed by atoms with Crippen molar-refractivity contribution in [3.05, 3.63) is 0 Å². The van der Waals surface area contributed by atoms with Gasteiger partial charge in [-0.05, 0) is 27.0 Å². The minimum Gasteiger partial charge on any atom is -0.342 e. The molecule has 0 aliphatic carbocycles. The number of thioether (sulfide) groups is 1. The van der Waals surface area contributed by atoms with E-state index in [0.29, 0.717) is 13.0 Å². The van der Waals surface area contributed by atoms with Crippen molar-refractivity contribution in [3.8, 4) is 0 Å². The summed E-state index contributed by atoms with van der Waals surface area (Å²) in [6.07, 6.45) is 2.41. The summed E-state index contributed by atoms with van der Waals surface area (Å²) in [7, 11) is 0. The second-order valence-corrected chi connectivity index (χ2v) is 5.70. The molecule has 4 nitrogen and oxygen atoms in total. The largest absolute Gasteiger partial charge is 0.342 e. The van der Waals surface area contributed by atoms with Gasteiger partial charge in [-0.1, -0.05) is 0 Å². The van der Waals surface area contributed by atoms with E-state index in [0.717, 1.165) is 5.75 Å². The van der Waals surface area contributed by atoms with E-state index < -0.39 is 5.54 Å². The Kier molecular flexibility index (Phi) is 4.24. The molecule has 92 valence electrons. The predicted octanol–water partition coefficient (Wildman–Crippen LogP) is 0.865. The predicted molar refractivity (Wildman–Crippen MR) is 66.4 cm³/mol. The second-order valence-electron chi connectivity index (χ2n) is 4.72. The van der Waals surface area contributed by atoms with E-state index in [9.17, 15) is 9.59 Å². The van der Waals surface area contributed by atoms with E-state index in [-0.39, 0.29) is 17.9 Å². The van der Waals surface area contributed by atoms with Crippen LogP contribution in [-0.4, -0.2) is 46.8 Å². The van der Waals surface area contributed by atoms with Gasteiger partial charge in [0.05, 0.1) is 0 Å². The van der Waals surface area contributed by atoms with Gasteiger partial charge < -0.3 is 10.2 Å². The average molecular weight is 244 g/mol. The van der Waals surface area contributed by atoms with Gasteiger partial charge >= 0.3 is 0 Å². The van der Waals surface area contributed by atoms with E-state index in [4.69, 9.17) is 0 Å². The Morgan fingerprint density at radius 2 is 2.12 bits per heavy atom. The molecule has 1 heterocycles. The molecule has 0 spiro atoms. The zero-order valence-electron chi connectivity index (χ0n) is 10.4. The topological polar surface area (TPSA) is 49.4 Å². The molecule has 2 amide bonds. The minimum atomic E-state index is -0.778. The van der Waals surface area contributed by atoms with Crippen LogP contribution in [0.3, 0.4) is 0 Å². The van der Waals surface area contributed by atoms with Crippen molar-refractivity contribution in [2.45, 2.75) is 38.8 Å². The molecular weight excluding hydrogens is 224 g/mol. The van der Waals surface area contributed by atoms with Crippen molar-refractivity contribution in [2.24, 2.45) is 0 Å². The fourth-order valence-electron chi connectivity index (χ4n) is 1.90. The lowest BCUT2D eigenvalue weighted by atomic mass is 10.0. The molecule has 5 heteroatoms. The van der Waals surface area contributed by atoms with Crippen molar-refractivity contribution in [3.63, 3.8) is 0 Å². The molecule has 0 radical (unpaired) electrons. The van der Waals surface area contributed by atoms with Gasteiger partial charge in [-0.25, -0.2) is 0 Å². The lowest BCUT2D eigenvalue weighted by Crippen LogP contribution is -2.54. The van der Waals surface area contributed by atoms with Crippen LogP contribution in [0.4, 0.5) is 0 Å². The smallest absolute Gasteiger partial charge is 0.248 e. The summed E-state index contributed by atoms with van der Waals surface area (Å²) >= 11 is 1.71. The second kappa shape index (κ2) is 5.08. The van der Waals surface area contributed by atoms with E-state index in [1.165, 1.54) is 0 Å². The fourth-order valence-corrected chi connectivity index (χ4v) is 2.28. The third-order valence-corrected chi connectivity index (χ3v) is 3.39. The van der Waals surface area contributed by atoms with E-state index in [1.807, 2.05) is 18.1 Å². The van der Waals surface area contributed by atoms with Crippen LogP contribution < -0.4 is 5.32 Å². The van der Waals surface area contributed by atoms with Crippen molar-refractivity contribution < 1.29 is 9.59 Å². The first-order valence-corrected chi connectivity index (χ1v) is 6.89. The molecule has 1 fully saturated rings. The maximum Gasteiger partial charge on any atom is 0.248 e. The van der Waals surface area contributed by atoms with Crippen LogP contribution in [0.15, 0.2) is 0 Å². The molecule has 1 N–H and O–H groups in total.